The zero-order valence-corrected chi connectivity index (χ0v) is 15.6. The van der Waals surface area contributed by atoms with E-state index in [-0.39, 0.29) is 0 Å². The van der Waals surface area contributed by atoms with Gasteiger partial charge in [0.1, 0.15) is 0 Å². The monoisotopic (exact) mass is 438 g/mol. The lowest BCUT2D eigenvalue weighted by Gasteiger charge is -2.35. The summed E-state index contributed by atoms with van der Waals surface area (Å²) in [4.78, 5) is 11.7. The fraction of sp³-hybridized carbons (Fsp3) is 0.235. The van der Waals surface area contributed by atoms with Gasteiger partial charge in [0.25, 0.3) is 5.66 Å². The van der Waals surface area contributed by atoms with Crippen LogP contribution in [0.1, 0.15) is 6.92 Å². The first-order valence-corrected chi connectivity index (χ1v) is 9.47. The van der Waals surface area contributed by atoms with Gasteiger partial charge in [-0.1, -0.05) is 18.2 Å². The van der Waals surface area contributed by atoms with Gasteiger partial charge in [-0.15, -0.1) is 0 Å². The van der Waals surface area contributed by atoms with Gasteiger partial charge in [-0.3, -0.25) is 0 Å². The normalized spacial score (nSPS) is 14.1. The molecule has 0 heterocycles. The second-order valence-electron chi connectivity index (χ2n) is 5.64. The molecule has 0 saturated carbocycles. The molecule has 0 amide bonds. The summed E-state index contributed by atoms with van der Waals surface area (Å²) in [5.41, 5.74) is -4.73. The van der Waals surface area contributed by atoms with Crippen molar-refractivity contribution in [3.05, 3.63) is 60.2 Å². The van der Waals surface area contributed by atoms with Crippen LogP contribution in [-0.2, 0) is 19.6 Å². The SMILES string of the molecule is CCOC(=O)[C@@](Nc1ccc(F)c(F)c1)(NS(=O)(=O)c1ccccc1)C(F)(F)F. The van der Waals surface area contributed by atoms with Crippen molar-refractivity contribution in [2.45, 2.75) is 23.7 Å². The number of benzene rings is 2. The van der Waals surface area contributed by atoms with Gasteiger partial charge in [-0.2, -0.15) is 17.9 Å². The largest absolute Gasteiger partial charge is 0.463 e. The van der Waals surface area contributed by atoms with Crippen LogP contribution in [0, 0.1) is 11.6 Å². The average molecular weight is 438 g/mol. The van der Waals surface area contributed by atoms with Gasteiger partial charge in [0.2, 0.25) is 10.0 Å². The molecule has 0 saturated heterocycles. The van der Waals surface area contributed by atoms with Crippen LogP contribution < -0.4 is 10.0 Å². The molecule has 0 aliphatic carbocycles. The molecule has 0 unspecified atom stereocenters. The van der Waals surface area contributed by atoms with E-state index in [1.807, 2.05) is 0 Å². The minimum atomic E-state index is -5.58. The number of halogens is 5. The molecule has 0 fully saturated rings. The Bertz CT molecular complexity index is 983. The molecular weight excluding hydrogens is 423 g/mol. The van der Waals surface area contributed by atoms with Crippen LogP contribution >= 0.6 is 0 Å². The van der Waals surface area contributed by atoms with Crippen LogP contribution in [0.2, 0.25) is 0 Å². The molecular formula is C17H15F5N2O4S. The molecule has 0 bridgehead atoms. The number of rotatable bonds is 7. The quantitative estimate of drug-likeness (QED) is 0.394. The van der Waals surface area contributed by atoms with Crippen molar-refractivity contribution in [1.82, 2.24) is 4.72 Å². The molecule has 0 radical (unpaired) electrons. The van der Waals surface area contributed by atoms with Crippen molar-refractivity contribution >= 4 is 21.7 Å². The Morgan fingerprint density at radius 1 is 1.03 bits per heavy atom. The molecule has 1 atom stereocenters. The Hall–Kier alpha value is -2.73. The van der Waals surface area contributed by atoms with Crippen molar-refractivity contribution in [3.63, 3.8) is 0 Å². The molecule has 2 aromatic carbocycles. The third kappa shape index (κ3) is 4.82. The van der Waals surface area contributed by atoms with E-state index in [0.717, 1.165) is 12.1 Å². The number of hydrogen-bond acceptors (Lipinski definition) is 5. The number of alkyl halides is 3. The molecule has 0 aliphatic rings. The Morgan fingerprint density at radius 3 is 2.17 bits per heavy atom. The van der Waals surface area contributed by atoms with Crippen LogP contribution in [-0.4, -0.2) is 32.8 Å². The van der Waals surface area contributed by atoms with Crippen molar-refractivity contribution in [2.75, 3.05) is 11.9 Å². The third-order valence-electron chi connectivity index (χ3n) is 3.60. The predicted octanol–water partition coefficient (Wildman–Crippen LogP) is 3.18. The first-order valence-electron chi connectivity index (χ1n) is 7.99. The van der Waals surface area contributed by atoms with Gasteiger partial charge in [0.15, 0.2) is 11.6 Å². The van der Waals surface area contributed by atoms with Gasteiger partial charge < -0.3 is 10.1 Å². The van der Waals surface area contributed by atoms with Crippen LogP contribution in [0.15, 0.2) is 53.4 Å². The van der Waals surface area contributed by atoms with E-state index in [0.29, 0.717) is 18.2 Å². The Kier molecular flexibility index (Phi) is 6.48. The number of sulfonamides is 1. The Morgan fingerprint density at radius 2 is 1.66 bits per heavy atom. The number of ether oxygens (including phenoxy) is 1. The molecule has 6 nitrogen and oxygen atoms in total. The van der Waals surface area contributed by atoms with Crippen LogP contribution in [0.5, 0.6) is 0 Å². The molecule has 0 aliphatic heterocycles. The molecule has 2 rings (SSSR count). The molecule has 0 aromatic heterocycles. The maximum atomic E-state index is 14.0. The number of anilines is 1. The summed E-state index contributed by atoms with van der Waals surface area (Å²) >= 11 is 0. The lowest BCUT2D eigenvalue weighted by molar-refractivity contribution is -0.202. The number of carbonyl (C=O) groups is 1. The first kappa shape index (κ1) is 22.6. The summed E-state index contributed by atoms with van der Waals surface area (Å²) in [5, 5.41) is 1.61. The summed E-state index contributed by atoms with van der Waals surface area (Å²) in [7, 11) is -4.90. The Labute approximate surface area is 162 Å². The first-order chi connectivity index (χ1) is 13.4. The molecule has 29 heavy (non-hydrogen) atoms. The highest BCUT2D eigenvalue weighted by molar-refractivity contribution is 7.89. The van der Waals surface area contributed by atoms with Crippen LogP contribution in [0.25, 0.3) is 0 Å². The second kappa shape index (κ2) is 8.33. The van der Waals surface area contributed by atoms with Crippen molar-refractivity contribution in [3.8, 4) is 0 Å². The predicted molar refractivity (Wildman–Crippen MR) is 92.2 cm³/mol. The second-order valence-corrected chi connectivity index (χ2v) is 7.32. The summed E-state index contributed by atoms with van der Waals surface area (Å²) in [5.74, 6) is -4.90. The molecule has 2 aromatic rings. The number of nitrogens with one attached hydrogen (secondary N) is 2. The average Bonchev–Trinajstić information content (AvgIpc) is 2.64. The standard InChI is InChI=1S/C17H15F5N2O4S/c1-2-28-15(25)16(17(20,21)22,23-11-8-9-13(18)14(19)10-11)24-29(26,27)12-6-4-3-5-7-12/h3-10,23-24H,2H2,1H3/t16-/m1/s1. The van der Waals surface area contributed by atoms with Gasteiger partial charge >= 0.3 is 12.1 Å². The third-order valence-corrected chi connectivity index (χ3v) is 5.07. The smallest absolute Gasteiger partial charge is 0.437 e. The summed E-state index contributed by atoms with van der Waals surface area (Å²) in [6.45, 7) is 0.700. The maximum Gasteiger partial charge on any atom is 0.437 e. The minimum Gasteiger partial charge on any atom is -0.463 e. The molecule has 12 heteroatoms. The highest BCUT2D eigenvalue weighted by Gasteiger charge is 2.64. The maximum absolute atomic E-state index is 14.0. The molecule has 2 N–H and O–H groups in total. The number of esters is 1. The fourth-order valence-corrected chi connectivity index (χ4v) is 3.54. The minimum absolute atomic E-state index is 0.339. The number of hydrogen-bond donors (Lipinski definition) is 2. The van der Waals surface area contributed by atoms with Gasteiger partial charge in [-0.05, 0) is 31.2 Å². The van der Waals surface area contributed by atoms with E-state index in [4.69, 9.17) is 0 Å². The summed E-state index contributed by atoms with van der Waals surface area (Å²) in [6.07, 6.45) is -5.58. The van der Waals surface area contributed by atoms with Crippen molar-refractivity contribution < 1.29 is 39.9 Å². The van der Waals surface area contributed by atoms with Crippen molar-refractivity contribution in [1.29, 1.82) is 0 Å². The summed E-state index contributed by atoms with van der Waals surface area (Å²) < 4.78 is 99.3. The van der Waals surface area contributed by atoms with Crippen LogP contribution in [0.3, 0.4) is 0 Å². The zero-order valence-electron chi connectivity index (χ0n) is 14.8. The lowest BCUT2D eigenvalue weighted by Crippen LogP contribution is -2.69. The van der Waals surface area contributed by atoms with Gasteiger partial charge in [0, 0.05) is 11.8 Å². The van der Waals surface area contributed by atoms with E-state index in [2.05, 4.69) is 4.74 Å². The molecule has 0 spiro atoms. The fourth-order valence-electron chi connectivity index (χ4n) is 2.25. The zero-order chi connectivity index (χ0) is 21.9. The highest BCUT2D eigenvalue weighted by Crippen LogP contribution is 2.35. The van der Waals surface area contributed by atoms with Crippen molar-refractivity contribution in [2.24, 2.45) is 0 Å². The van der Waals surface area contributed by atoms with Crippen LogP contribution in [0.4, 0.5) is 27.6 Å². The number of carbonyl (C=O) groups excluding carboxylic acids is 1. The van der Waals surface area contributed by atoms with Gasteiger partial charge in [0.05, 0.1) is 11.5 Å². The van der Waals surface area contributed by atoms with E-state index >= 15 is 0 Å². The summed E-state index contributed by atoms with van der Waals surface area (Å²) in [6, 6.07) is 7.52. The molecule has 158 valence electrons. The van der Waals surface area contributed by atoms with E-state index in [1.54, 1.807) is 5.32 Å². The lowest BCUT2D eigenvalue weighted by atomic mass is 10.1. The van der Waals surface area contributed by atoms with E-state index < -0.39 is 56.7 Å². The van der Waals surface area contributed by atoms with E-state index in [9.17, 15) is 35.2 Å². The topological polar surface area (TPSA) is 84.5 Å². The van der Waals surface area contributed by atoms with Gasteiger partial charge in [-0.25, -0.2) is 22.0 Å². The Balaban J connectivity index is 2.62. The van der Waals surface area contributed by atoms with E-state index in [1.165, 1.54) is 29.8 Å². The highest BCUT2D eigenvalue weighted by atomic mass is 32.2.